The lowest BCUT2D eigenvalue weighted by atomic mass is 10.2. The van der Waals surface area contributed by atoms with Gasteiger partial charge in [-0.25, -0.2) is 0 Å². The molecule has 0 amide bonds. The molecule has 114 valence electrons. The van der Waals surface area contributed by atoms with Crippen LogP contribution in [0.25, 0.3) is 0 Å². The SMILES string of the molecule is C=CCSC(=S)SCCCCCCSC(=S)SCC=C. The minimum absolute atomic E-state index is 0.923. The van der Waals surface area contributed by atoms with Gasteiger partial charge in [-0.05, 0) is 24.3 Å². The average molecular weight is 383 g/mol. The van der Waals surface area contributed by atoms with Gasteiger partial charge in [0, 0.05) is 11.5 Å². The molecule has 0 heterocycles. The fourth-order valence-corrected chi connectivity index (χ4v) is 5.23. The van der Waals surface area contributed by atoms with Crippen LogP contribution in [0, 0.1) is 0 Å². The number of unbranched alkanes of at least 4 members (excludes halogenated alkanes) is 3. The van der Waals surface area contributed by atoms with Crippen LogP contribution in [-0.4, -0.2) is 30.1 Å². The number of thioether (sulfide) groups is 4. The summed E-state index contributed by atoms with van der Waals surface area (Å²) >= 11 is 17.5. The molecule has 6 heteroatoms. The Bertz CT molecular complexity index is 270. The highest BCUT2D eigenvalue weighted by molar-refractivity contribution is 8.47. The van der Waals surface area contributed by atoms with Crippen molar-refractivity contribution in [2.24, 2.45) is 0 Å². The molecule has 0 aliphatic heterocycles. The third-order valence-electron chi connectivity index (χ3n) is 2.12. The van der Waals surface area contributed by atoms with E-state index in [2.05, 4.69) is 13.2 Å². The van der Waals surface area contributed by atoms with Crippen LogP contribution in [0.1, 0.15) is 25.7 Å². The van der Waals surface area contributed by atoms with Crippen molar-refractivity contribution in [2.45, 2.75) is 25.7 Å². The summed E-state index contributed by atoms with van der Waals surface area (Å²) in [5.41, 5.74) is 0. The van der Waals surface area contributed by atoms with Gasteiger partial charge in [-0.15, -0.1) is 60.2 Å². The molecule has 0 aromatic carbocycles. The second kappa shape index (κ2) is 16.4. The minimum Gasteiger partial charge on any atom is -0.108 e. The molecule has 0 saturated carbocycles. The quantitative estimate of drug-likeness (QED) is 0.228. The Balaban J connectivity index is 3.24. The van der Waals surface area contributed by atoms with Crippen molar-refractivity contribution in [2.75, 3.05) is 23.0 Å². The van der Waals surface area contributed by atoms with Crippen molar-refractivity contribution in [3.8, 4) is 0 Å². The summed E-state index contributed by atoms with van der Waals surface area (Å²) in [6.07, 6.45) is 8.86. The molecular weight excluding hydrogens is 361 g/mol. The van der Waals surface area contributed by atoms with Gasteiger partial charge in [-0.2, -0.15) is 0 Å². The van der Waals surface area contributed by atoms with Crippen molar-refractivity contribution in [3.05, 3.63) is 25.3 Å². The standard InChI is InChI=1S/C14H22S6/c1-3-9-17-13(15)19-11-7-5-6-8-12-20-14(16)18-10-4-2/h3-4H,1-2,5-12H2. The van der Waals surface area contributed by atoms with Crippen LogP contribution >= 0.6 is 71.5 Å². The van der Waals surface area contributed by atoms with Gasteiger partial charge in [0.2, 0.25) is 0 Å². The largest absolute Gasteiger partial charge is 0.108 e. The smallest absolute Gasteiger partial charge is 0.104 e. The van der Waals surface area contributed by atoms with Gasteiger partial charge in [0.1, 0.15) is 7.06 Å². The lowest BCUT2D eigenvalue weighted by Crippen LogP contribution is -1.89. The highest BCUT2D eigenvalue weighted by atomic mass is 32.2. The molecule has 0 rings (SSSR count). The Morgan fingerprint density at radius 1 is 0.700 bits per heavy atom. The highest BCUT2D eigenvalue weighted by Crippen LogP contribution is 2.21. The van der Waals surface area contributed by atoms with Gasteiger partial charge in [0.05, 0.1) is 0 Å². The first kappa shape index (κ1) is 21.1. The van der Waals surface area contributed by atoms with E-state index in [1.54, 1.807) is 47.0 Å². The predicted molar refractivity (Wildman–Crippen MR) is 114 cm³/mol. The van der Waals surface area contributed by atoms with E-state index in [9.17, 15) is 0 Å². The molecule has 0 fully saturated rings. The second-order valence-corrected chi connectivity index (χ2v) is 10.4. The maximum absolute atomic E-state index is 5.25. The normalized spacial score (nSPS) is 10.2. The molecule has 0 N–H and O–H groups in total. The molecule has 0 aromatic heterocycles. The molecule has 0 radical (unpaired) electrons. The topological polar surface area (TPSA) is 0 Å². The van der Waals surface area contributed by atoms with E-state index in [0.29, 0.717) is 0 Å². The summed E-state index contributed by atoms with van der Waals surface area (Å²) in [5.74, 6) is 4.13. The fourth-order valence-electron chi connectivity index (χ4n) is 1.21. The molecule has 0 bridgehead atoms. The molecular formula is C14H22S6. The van der Waals surface area contributed by atoms with Crippen LogP contribution < -0.4 is 0 Å². The fraction of sp³-hybridized carbons (Fsp3) is 0.571. The van der Waals surface area contributed by atoms with E-state index in [-0.39, 0.29) is 0 Å². The molecule has 0 aliphatic rings. The summed E-state index contributed by atoms with van der Waals surface area (Å²) in [7, 11) is 0. The van der Waals surface area contributed by atoms with Crippen molar-refractivity contribution < 1.29 is 0 Å². The average Bonchev–Trinajstić information content (AvgIpc) is 2.45. The maximum atomic E-state index is 5.25. The molecule has 0 saturated heterocycles. The summed E-state index contributed by atoms with van der Waals surface area (Å²) in [6.45, 7) is 7.38. The number of thiocarbonyl (C=S) groups is 2. The zero-order valence-electron chi connectivity index (χ0n) is 11.7. The van der Waals surface area contributed by atoms with Crippen molar-refractivity contribution in [1.82, 2.24) is 0 Å². The summed E-state index contributed by atoms with van der Waals surface area (Å²) in [4.78, 5) is 0. The molecule has 0 atom stereocenters. The second-order valence-electron chi connectivity index (χ2n) is 3.81. The predicted octanol–water partition coefficient (Wildman–Crippen LogP) is 6.42. The van der Waals surface area contributed by atoms with E-state index >= 15 is 0 Å². The van der Waals surface area contributed by atoms with Gasteiger partial charge in [0.25, 0.3) is 0 Å². The highest BCUT2D eigenvalue weighted by Gasteiger charge is 1.99. The number of hydrogen-bond acceptors (Lipinski definition) is 6. The third-order valence-corrected chi connectivity index (χ3v) is 7.68. The van der Waals surface area contributed by atoms with E-state index in [4.69, 9.17) is 24.4 Å². The lowest BCUT2D eigenvalue weighted by Gasteiger charge is -2.03. The van der Waals surface area contributed by atoms with Crippen LogP contribution in [0.4, 0.5) is 0 Å². The Kier molecular flexibility index (Phi) is 17.3. The third kappa shape index (κ3) is 15.4. The Morgan fingerprint density at radius 2 is 1.10 bits per heavy atom. The molecule has 20 heavy (non-hydrogen) atoms. The minimum atomic E-state index is 0.923. The van der Waals surface area contributed by atoms with Gasteiger partial charge in [0.15, 0.2) is 0 Å². The van der Waals surface area contributed by atoms with Crippen molar-refractivity contribution >= 4 is 78.5 Å². The summed E-state index contributed by atoms with van der Waals surface area (Å²) in [6, 6.07) is 0. The first-order valence-electron chi connectivity index (χ1n) is 6.51. The lowest BCUT2D eigenvalue weighted by molar-refractivity contribution is 0.712. The van der Waals surface area contributed by atoms with Gasteiger partial charge < -0.3 is 0 Å². The van der Waals surface area contributed by atoms with E-state index in [1.807, 2.05) is 12.2 Å². The summed E-state index contributed by atoms with van der Waals surface area (Å²) < 4.78 is 2.09. The first-order valence-corrected chi connectivity index (χ1v) is 11.3. The van der Waals surface area contributed by atoms with Gasteiger partial charge >= 0.3 is 0 Å². The van der Waals surface area contributed by atoms with Crippen LogP contribution in [0.2, 0.25) is 0 Å². The number of rotatable bonds is 11. The number of hydrogen-bond donors (Lipinski definition) is 0. The monoisotopic (exact) mass is 382 g/mol. The van der Waals surface area contributed by atoms with Crippen LogP contribution in [0.5, 0.6) is 0 Å². The van der Waals surface area contributed by atoms with Crippen LogP contribution in [0.3, 0.4) is 0 Å². The molecule has 0 unspecified atom stereocenters. The molecule has 0 spiro atoms. The Hall–Kier alpha value is 1.06. The zero-order valence-corrected chi connectivity index (χ0v) is 16.6. The van der Waals surface area contributed by atoms with Gasteiger partial charge in [-0.1, -0.05) is 49.4 Å². The van der Waals surface area contributed by atoms with E-state index in [1.165, 1.54) is 25.7 Å². The zero-order chi connectivity index (χ0) is 15.1. The van der Waals surface area contributed by atoms with E-state index < -0.39 is 0 Å². The molecule has 0 nitrogen and oxygen atoms in total. The van der Waals surface area contributed by atoms with Crippen molar-refractivity contribution in [1.29, 1.82) is 0 Å². The van der Waals surface area contributed by atoms with E-state index in [0.717, 1.165) is 30.1 Å². The first-order chi connectivity index (χ1) is 9.70. The van der Waals surface area contributed by atoms with Crippen LogP contribution in [-0.2, 0) is 0 Å². The summed E-state index contributed by atoms with van der Waals surface area (Å²) in [5, 5.41) is 0. The Morgan fingerprint density at radius 3 is 1.45 bits per heavy atom. The maximum Gasteiger partial charge on any atom is 0.104 e. The Labute approximate surface area is 151 Å². The molecule has 0 aromatic rings. The molecule has 0 aliphatic carbocycles. The van der Waals surface area contributed by atoms with Crippen molar-refractivity contribution in [3.63, 3.8) is 0 Å². The van der Waals surface area contributed by atoms with Gasteiger partial charge in [-0.3, -0.25) is 0 Å². The van der Waals surface area contributed by atoms with Crippen LogP contribution in [0.15, 0.2) is 25.3 Å².